The second-order valence-electron chi connectivity index (χ2n) is 4.59. The Morgan fingerprint density at radius 3 is 2.62 bits per heavy atom. The topological polar surface area (TPSA) is 32.3 Å². The molecule has 0 saturated carbocycles. The summed E-state index contributed by atoms with van der Waals surface area (Å²) in [6.07, 6.45) is 1.05. The molecule has 0 aromatic heterocycles. The maximum atomic E-state index is 11.9. The van der Waals surface area contributed by atoms with Crippen molar-refractivity contribution in [3.8, 4) is 0 Å². The number of carbonyl (C=O) groups is 1. The van der Waals surface area contributed by atoms with Gasteiger partial charge in [0.25, 0.3) is 5.91 Å². The number of nitrogens with zero attached hydrogens (tertiary/aromatic N) is 1. The van der Waals surface area contributed by atoms with E-state index in [0.717, 1.165) is 25.1 Å². The molecule has 0 aliphatic carbocycles. The van der Waals surface area contributed by atoms with Gasteiger partial charge in [-0.2, -0.15) is 0 Å². The number of benzene rings is 1. The molecule has 2 rings (SSSR count). The second-order valence-corrected chi connectivity index (χ2v) is 4.59. The maximum Gasteiger partial charge on any atom is 0.251 e. The fourth-order valence-corrected chi connectivity index (χ4v) is 2.03. The largest absolute Gasteiger partial charge is 0.348 e. The van der Waals surface area contributed by atoms with Crippen LogP contribution in [0, 0.1) is 6.92 Å². The summed E-state index contributed by atoms with van der Waals surface area (Å²) in [5.74, 6) is 0.0419. The molecule has 1 aliphatic rings. The Balaban J connectivity index is 1.95. The van der Waals surface area contributed by atoms with Crippen molar-refractivity contribution >= 4 is 5.91 Å². The third kappa shape index (κ3) is 2.61. The van der Waals surface area contributed by atoms with Gasteiger partial charge in [-0.25, -0.2) is 0 Å². The smallest absolute Gasteiger partial charge is 0.251 e. The van der Waals surface area contributed by atoms with Crippen LogP contribution in [0.3, 0.4) is 0 Å². The van der Waals surface area contributed by atoms with Crippen molar-refractivity contribution in [3.63, 3.8) is 0 Å². The van der Waals surface area contributed by atoms with E-state index >= 15 is 0 Å². The van der Waals surface area contributed by atoms with E-state index in [0.29, 0.717) is 6.04 Å². The molecule has 1 saturated heterocycles. The van der Waals surface area contributed by atoms with E-state index in [4.69, 9.17) is 0 Å². The molecule has 3 heteroatoms. The van der Waals surface area contributed by atoms with Gasteiger partial charge in [-0.3, -0.25) is 4.79 Å². The van der Waals surface area contributed by atoms with E-state index in [1.165, 1.54) is 5.56 Å². The number of hydrogen-bond donors (Lipinski definition) is 1. The Labute approximate surface area is 96.5 Å². The number of aryl methyl sites for hydroxylation is 1. The predicted octanol–water partition coefficient (Wildman–Crippen LogP) is 1.43. The van der Waals surface area contributed by atoms with E-state index in [1.54, 1.807) is 0 Å². The van der Waals surface area contributed by atoms with Crippen LogP contribution in [0.4, 0.5) is 0 Å². The van der Waals surface area contributed by atoms with Crippen LogP contribution in [-0.2, 0) is 0 Å². The first-order chi connectivity index (χ1) is 7.65. The van der Waals surface area contributed by atoms with Crippen molar-refractivity contribution in [2.75, 3.05) is 20.1 Å². The first-order valence-corrected chi connectivity index (χ1v) is 5.71. The van der Waals surface area contributed by atoms with Crippen LogP contribution in [0.25, 0.3) is 0 Å². The highest BCUT2D eigenvalue weighted by Gasteiger charge is 2.21. The number of likely N-dealkylation sites (N-methyl/N-ethyl adjacent to an activating group) is 1. The fraction of sp³-hybridized carbons (Fsp3) is 0.462. The average molecular weight is 218 g/mol. The summed E-state index contributed by atoms with van der Waals surface area (Å²) < 4.78 is 0. The van der Waals surface area contributed by atoms with Gasteiger partial charge in [-0.05, 0) is 39.1 Å². The van der Waals surface area contributed by atoms with Crippen LogP contribution in [0.2, 0.25) is 0 Å². The Kier molecular flexibility index (Phi) is 3.25. The summed E-state index contributed by atoms with van der Waals surface area (Å²) in [4.78, 5) is 14.1. The summed E-state index contributed by atoms with van der Waals surface area (Å²) in [5.41, 5.74) is 1.93. The van der Waals surface area contributed by atoms with Gasteiger partial charge in [-0.15, -0.1) is 0 Å². The van der Waals surface area contributed by atoms with Gasteiger partial charge in [0.1, 0.15) is 0 Å². The first-order valence-electron chi connectivity index (χ1n) is 5.71. The van der Waals surface area contributed by atoms with E-state index in [1.807, 2.05) is 31.2 Å². The Morgan fingerprint density at radius 1 is 1.38 bits per heavy atom. The zero-order valence-corrected chi connectivity index (χ0v) is 9.86. The molecule has 1 atom stereocenters. The van der Waals surface area contributed by atoms with Crippen molar-refractivity contribution in [2.45, 2.75) is 19.4 Å². The number of amides is 1. The van der Waals surface area contributed by atoms with Crippen LogP contribution in [0.15, 0.2) is 24.3 Å². The lowest BCUT2D eigenvalue weighted by molar-refractivity contribution is 0.0938. The van der Waals surface area contributed by atoms with Crippen LogP contribution in [0.1, 0.15) is 22.3 Å². The summed E-state index contributed by atoms with van der Waals surface area (Å²) in [5, 5.41) is 3.06. The van der Waals surface area contributed by atoms with Crippen LogP contribution >= 0.6 is 0 Å². The van der Waals surface area contributed by atoms with Gasteiger partial charge in [-0.1, -0.05) is 17.7 Å². The molecule has 86 valence electrons. The van der Waals surface area contributed by atoms with Gasteiger partial charge in [0.2, 0.25) is 0 Å². The molecular weight excluding hydrogens is 200 g/mol. The van der Waals surface area contributed by atoms with Crippen molar-refractivity contribution < 1.29 is 4.79 Å². The number of carbonyl (C=O) groups excluding carboxylic acids is 1. The maximum absolute atomic E-state index is 11.9. The Morgan fingerprint density at radius 2 is 2.06 bits per heavy atom. The number of hydrogen-bond acceptors (Lipinski definition) is 2. The molecule has 1 aromatic rings. The SMILES string of the molecule is Cc1ccc(C(=O)NC2CCN(C)C2)cc1. The molecule has 0 bridgehead atoms. The number of likely N-dealkylation sites (tertiary alicyclic amines) is 1. The molecule has 1 fully saturated rings. The molecule has 1 aliphatic heterocycles. The van der Waals surface area contributed by atoms with Gasteiger partial charge in [0.05, 0.1) is 0 Å². The van der Waals surface area contributed by atoms with Crippen LogP contribution < -0.4 is 5.32 Å². The Bertz CT molecular complexity index is 372. The predicted molar refractivity (Wildman–Crippen MR) is 64.5 cm³/mol. The normalized spacial score (nSPS) is 21.0. The van der Waals surface area contributed by atoms with Crippen LogP contribution in [-0.4, -0.2) is 37.0 Å². The van der Waals surface area contributed by atoms with Gasteiger partial charge in [0, 0.05) is 18.2 Å². The molecule has 0 spiro atoms. The highest BCUT2D eigenvalue weighted by Crippen LogP contribution is 2.08. The average Bonchev–Trinajstić information content (AvgIpc) is 2.65. The van der Waals surface area contributed by atoms with Crippen LogP contribution in [0.5, 0.6) is 0 Å². The third-order valence-electron chi connectivity index (χ3n) is 3.04. The number of rotatable bonds is 2. The van der Waals surface area contributed by atoms with E-state index < -0.39 is 0 Å². The Hall–Kier alpha value is -1.35. The van der Waals surface area contributed by atoms with Gasteiger partial charge in [0.15, 0.2) is 0 Å². The number of nitrogens with one attached hydrogen (secondary N) is 1. The summed E-state index contributed by atoms with van der Waals surface area (Å²) in [7, 11) is 2.08. The minimum atomic E-state index is 0.0419. The molecule has 3 nitrogen and oxygen atoms in total. The van der Waals surface area contributed by atoms with Gasteiger partial charge >= 0.3 is 0 Å². The quantitative estimate of drug-likeness (QED) is 0.814. The highest BCUT2D eigenvalue weighted by molar-refractivity contribution is 5.94. The zero-order valence-electron chi connectivity index (χ0n) is 9.86. The lowest BCUT2D eigenvalue weighted by Gasteiger charge is -2.12. The fourth-order valence-electron chi connectivity index (χ4n) is 2.03. The summed E-state index contributed by atoms with van der Waals surface area (Å²) in [6.45, 7) is 4.05. The third-order valence-corrected chi connectivity index (χ3v) is 3.04. The summed E-state index contributed by atoms with van der Waals surface area (Å²) >= 11 is 0. The molecular formula is C13H18N2O. The summed E-state index contributed by atoms with van der Waals surface area (Å²) in [6, 6.07) is 8.00. The van der Waals surface area contributed by atoms with E-state index in [2.05, 4.69) is 17.3 Å². The molecule has 1 amide bonds. The molecule has 1 N–H and O–H groups in total. The van der Waals surface area contributed by atoms with E-state index in [-0.39, 0.29) is 5.91 Å². The highest BCUT2D eigenvalue weighted by atomic mass is 16.1. The van der Waals surface area contributed by atoms with Crippen molar-refractivity contribution in [3.05, 3.63) is 35.4 Å². The first kappa shape index (κ1) is 11.1. The molecule has 16 heavy (non-hydrogen) atoms. The zero-order chi connectivity index (χ0) is 11.5. The second kappa shape index (κ2) is 4.66. The van der Waals surface area contributed by atoms with Gasteiger partial charge < -0.3 is 10.2 Å². The molecule has 1 unspecified atom stereocenters. The minimum Gasteiger partial charge on any atom is -0.348 e. The van der Waals surface area contributed by atoms with E-state index in [9.17, 15) is 4.79 Å². The lowest BCUT2D eigenvalue weighted by atomic mass is 10.1. The molecule has 1 heterocycles. The molecule has 1 aromatic carbocycles. The monoisotopic (exact) mass is 218 g/mol. The lowest BCUT2D eigenvalue weighted by Crippen LogP contribution is -2.36. The van der Waals surface area contributed by atoms with Crippen molar-refractivity contribution in [1.82, 2.24) is 10.2 Å². The standard InChI is InChI=1S/C13H18N2O/c1-10-3-5-11(6-4-10)13(16)14-12-7-8-15(2)9-12/h3-6,12H,7-9H2,1-2H3,(H,14,16). The molecule has 0 radical (unpaired) electrons. The minimum absolute atomic E-state index is 0.0419. The van der Waals surface area contributed by atoms with Crippen molar-refractivity contribution in [1.29, 1.82) is 0 Å². The van der Waals surface area contributed by atoms with Crippen molar-refractivity contribution in [2.24, 2.45) is 0 Å².